The predicted octanol–water partition coefficient (Wildman–Crippen LogP) is 3.50. The Bertz CT molecular complexity index is 680. The van der Waals surface area contributed by atoms with E-state index >= 15 is 0 Å². The van der Waals surface area contributed by atoms with Gasteiger partial charge in [-0.1, -0.05) is 41.6 Å². The summed E-state index contributed by atoms with van der Waals surface area (Å²) < 4.78 is 0. The van der Waals surface area contributed by atoms with Crippen LogP contribution in [0.2, 0.25) is 0 Å². The first-order valence-electron chi connectivity index (χ1n) is 6.92. The SMILES string of the molecule is CC(=O)O/N=C1\CCN(c2ccccc2)c2ccccc21. The van der Waals surface area contributed by atoms with Crippen LogP contribution in [0.25, 0.3) is 0 Å². The maximum Gasteiger partial charge on any atom is 0.331 e. The lowest BCUT2D eigenvalue weighted by atomic mass is 9.99. The van der Waals surface area contributed by atoms with Crippen LogP contribution in [0.15, 0.2) is 59.8 Å². The summed E-state index contributed by atoms with van der Waals surface area (Å²) in [6.07, 6.45) is 0.735. The molecular formula is C17H16N2O2. The molecule has 0 N–H and O–H groups in total. The summed E-state index contributed by atoms with van der Waals surface area (Å²) in [6, 6.07) is 18.3. The molecule has 0 bridgehead atoms. The van der Waals surface area contributed by atoms with Crippen molar-refractivity contribution in [3.63, 3.8) is 0 Å². The second-order valence-corrected chi connectivity index (χ2v) is 4.88. The minimum absolute atomic E-state index is 0.398. The van der Waals surface area contributed by atoms with Crippen molar-refractivity contribution in [2.75, 3.05) is 11.4 Å². The number of oxime groups is 1. The Hall–Kier alpha value is -2.62. The number of carbonyl (C=O) groups excluding carboxylic acids is 1. The van der Waals surface area contributed by atoms with Crippen LogP contribution in [0.3, 0.4) is 0 Å². The van der Waals surface area contributed by atoms with Gasteiger partial charge >= 0.3 is 5.97 Å². The van der Waals surface area contributed by atoms with Gasteiger partial charge in [-0.05, 0) is 18.2 Å². The third-order valence-corrected chi connectivity index (χ3v) is 3.43. The van der Waals surface area contributed by atoms with Gasteiger partial charge in [-0.15, -0.1) is 0 Å². The highest BCUT2D eigenvalue weighted by Crippen LogP contribution is 2.33. The summed E-state index contributed by atoms with van der Waals surface area (Å²) in [5.74, 6) is -0.398. The number of carbonyl (C=O) groups is 1. The lowest BCUT2D eigenvalue weighted by molar-refractivity contribution is -0.140. The monoisotopic (exact) mass is 280 g/mol. The van der Waals surface area contributed by atoms with Gasteiger partial charge in [0.25, 0.3) is 0 Å². The molecule has 0 unspecified atom stereocenters. The highest BCUT2D eigenvalue weighted by Gasteiger charge is 2.22. The molecule has 0 amide bonds. The molecule has 21 heavy (non-hydrogen) atoms. The van der Waals surface area contributed by atoms with Gasteiger partial charge in [0.2, 0.25) is 0 Å². The van der Waals surface area contributed by atoms with Crippen molar-refractivity contribution >= 4 is 23.1 Å². The van der Waals surface area contributed by atoms with E-state index in [1.807, 2.05) is 36.4 Å². The lowest BCUT2D eigenvalue weighted by Crippen LogP contribution is -2.28. The Balaban J connectivity index is 2.00. The van der Waals surface area contributed by atoms with Crippen LogP contribution >= 0.6 is 0 Å². The molecule has 4 nitrogen and oxygen atoms in total. The maximum absolute atomic E-state index is 10.9. The molecule has 0 saturated heterocycles. The fraction of sp³-hybridized carbons (Fsp3) is 0.176. The molecule has 4 heteroatoms. The van der Waals surface area contributed by atoms with E-state index < -0.39 is 5.97 Å². The second-order valence-electron chi connectivity index (χ2n) is 4.88. The average Bonchev–Trinajstić information content (AvgIpc) is 2.53. The van der Waals surface area contributed by atoms with E-state index in [9.17, 15) is 4.79 Å². The van der Waals surface area contributed by atoms with Crippen LogP contribution in [-0.4, -0.2) is 18.2 Å². The van der Waals surface area contributed by atoms with Crippen LogP contribution in [0.5, 0.6) is 0 Å². The van der Waals surface area contributed by atoms with Crippen molar-refractivity contribution in [1.82, 2.24) is 0 Å². The first-order valence-corrected chi connectivity index (χ1v) is 6.92. The van der Waals surface area contributed by atoms with E-state index in [-0.39, 0.29) is 0 Å². The Morgan fingerprint density at radius 2 is 1.81 bits per heavy atom. The van der Waals surface area contributed by atoms with Crippen LogP contribution in [0.4, 0.5) is 11.4 Å². The smallest absolute Gasteiger partial charge is 0.331 e. The van der Waals surface area contributed by atoms with Gasteiger partial charge in [0.05, 0.1) is 11.4 Å². The van der Waals surface area contributed by atoms with Gasteiger partial charge in [0, 0.05) is 31.1 Å². The molecule has 0 aliphatic carbocycles. The Labute approximate surface area is 123 Å². The van der Waals surface area contributed by atoms with Crippen LogP contribution < -0.4 is 4.90 Å². The number of benzene rings is 2. The van der Waals surface area contributed by atoms with Gasteiger partial charge in [0.15, 0.2) is 0 Å². The van der Waals surface area contributed by atoms with Crippen LogP contribution in [0.1, 0.15) is 18.9 Å². The molecule has 2 aromatic rings. The molecule has 3 rings (SSSR count). The van der Waals surface area contributed by atoms with Crippen molar-refractivity contribution in [3.05, 3.63) is 60.2 Å². The predicted molar refractivity (Wildman–Crippen MR) is 82.8 cm³/mol. The standard InChI is InChI=1S/C17H16N2O2/c1-13(20)21-18-16-11-12-19(14-7-3-2-4-8-14)17-10-6-5-9-15(16)17/h2-10H,11-12H2,1H3/b18-16+. The fourth-order valence-electron chi connectivity index (χ4n) is 2.52. The van der Waals surface area contributed by atoms with Crippen molar-refractivity contribution in [3.8, 4) is 0 Å². The quantitative estimate of drug-likeness (QED) is 0.624. The third kappa shape index (κ3) is 2.79. The summed E-state index contributed by atoms with van der Waals surface area (Å²) >= 11 is 0. The van der Waals surface area contributed by atoms with Gasteiger partial charge in [0.1, 0.15) is 0 Å². The second kappa shape index (κ2) is 5.79. The molecule has 2 aromatic carbocycles. The zero-order valence-corrected chi connectivity index (χ0v) is 11.8. The highest BCUT2D eigenvalue weighted by atomic mass is 16.7. The van der Waals surface area contributed by atoms with Gasteiger partial charge in [-0.2, -0.15) is 0 Å². The van der Waals surface area contributed by atoms with E-state index in [0.717, 1.165) is 35.6 Å². The fourth-order valence-corrected chi connectivity index (χ4v) is 2.52. The normalized spacial score (nSPS) is 15.7. The van der Waals surface area contributed by atoms with E-state index in [1.54, 1.807) is 0 Å². The summed E-state index contributed by atoms with van der Waals surface area (Å²) in [5, 5.41) is 3.99. The summed E-state index contributed by atoms with van der Waals surface area (Å²) in [5.41, 5.74) is 4.05. The molecule has 0 fully saturated rings. The molecule has 0 atom stereocenters. The molecule has 1 heterocycles. The number of fused-ring (bicyclic) bond motifs is 1. The van der Waals surface area contributed by atoms with E-state index in [0.29, 0.717) is 0 Å². The number of rotatable bonds is 2. The van der Waals surface area contributed by atoms with Crippen LogP contribution in [-0.2, 0) is 9.63 Å². The molecule has 0 aromatic heterocycles. The van der Waals surface area contributed by atoms with Gasteiger partial charge in [-0.25, -0.2) is 4.79 Å². The first-order chi connectivity index (χ1) is 10.3. The van der Waals surface area contributed by atoms with Crippen molar-refractivity contribution < 1.29 is 9.63 Å². The average molecular weight is 280 g/mol. The van der Waals surface area contributed by atoms with E-state index in [1.165, 1.54) is 6.92 Å². The minimum atomic E-state index is -0.398. The summed E-state index contributed by atoms with van der Waals surface area (Å²) in [4.78, 5) is 18.0. The molecule has 1 aliphatic heterocycles. The topological polar surface area (TPSA) is 41.9 Å². The Kier molecular flexibility index (Phi) is 3.69. The Morgan fingerprint density at radius 1 is 1.10 bits per heavy atom. The maximum atomic E-state index is 10.9. The van der Waals surface area contributed by atoms with Gasteiger partial charge in [-0.3, -0.25) is 0 Å². The molecular weight excluding hydrogens is 264 g/mol. The third-order valence-electron chi connectivity index (χ3n) is 3.43. The number of anilines is 2. The Morgan fingerprint density at radius 3 is 2.57 bits per heavy atom. The van der Waals surface area contributed by atoms with E-state index in [2.05, 4.69) is 28.3 Å². The van der Waals surface area contributed by atoms with Crippen LogP contribution in [0, 0.1) is 0 Å². The summed E-state index contributed by atoms with van der Waals surface area (Å²) in [6.45, 7) is 2.16. The minimum Gasteiger partial charge on any atom is -0.341 e. The number of para-hydroxylation sites is 2. The molecule has 106 valence electrons. The highest BCUT2D eigenvalue weighted by molar-refractivity contribution is 6.07. The zero-order chi connectivity index (χ0) is 14.7. The number of hydrogen-bond donors (Lipinski definition) is 0. The van der Waals surface area contributed by atoms with Crippen molar-refractivity contribution in [1.29, 1.82) is 0 Å². The zero-order valence-electron chi connectivity index (χ0n) is 11.8. The van der Waals surface area contributed by atoms with Gasteiger partial charge < -0.3 is 9.74 Å². The first kappa shape index (κ1) is 13.4. The molecule has 1 aliphatic rings. The largest absolute Gasteiger partial charge is 0.341 e. The summed E-state index contributed by atoms with van der Waals surface area (Å²) in [7, 11) is 0. The van der Waals surface area contributed by atoms with Crippen molar-refractivity contribution in [2.24, 2.45) is 5.16 Å². The number of hydrogen-bond acceptors (Lipinski definition) is 4. The molecule has 0 saturated carbocycles. The van der Waals surface area contributed by atoms with E-state index in [4.69, 9.17) is 4.84 Å². The number of nitrogens with zero attached hydrogens (tertiary/aromatic N) is 2. The van der Waals surface area contributed by atoms with Crippen molar-refractivity contribution in [2.45, 2.75) is 13.3 Å². The lowest BCUT2D eigenvalue weighted by Gasteiger charge is -2.31. The molecule has 0 radical (unpaired) electrons. The molecule has 0 spiro atoms.